The first kappa shape index (κ1) is 24.0. The molecule has 0 saturated heterocycles. The number of hydrogen-bond donors (Lipinski definition) is 2. The maximum atomic E-state index is 12.6. The predicted molar refractivity (Wildman–Crippen MR) is 143 cm³/mol. The second kappa shape index (κ2) is 10.9. The molecule has 3 aromatic carbocycles. The fraction of sp³-hybridized carbons (Fsp3) is 0.0714. The molecule has 0 radical (unpaired) electrons. The number of hydrogen-bond acceptors (Lipinski definition) is 6. The average Bonchev–Trinajstić information content (AvgIpc) is 3.40. The Bertz CT molecular complexity index is 1520. The molecule has 0 aliphatic heterocycles. The van der Waals surface area contributed by atoms with Gasteiger partial charge in [0.1, 0.15) is 29.3 Å². The third-order valence-corrected chi connectivity index (χ3v) is 5.67. The van der Waals surface area contributed by atoms with Crippen LogP contribution in [0.1, 0.15) is 21.6 Å². The molecule has 0 saturated carbocycles. The number of ether oxygens (including phenoxy) is 1. The third kappa shape index (κ3) is 6.12. The molecule has 37 heavy (non-hydrogen) atoms. The van der Waals surface area contributed by atoms with E-state index < -0.39 is 0 Å². The van der Waals surface area contributed by atoms with E-state index in [1.165, 1.54) is 0 Å². The SMILES string of the molecule is Cc1cnc(Nc2ccc(Oc3ccccc3)cc2)nc1-n1cnc(C(=O)NCc2cccc(Cl)c2)c1. The third-order valence-electron chi connectivity index (χ3n) is 5.44. The van der Waals surface area contributed by atoms with Gasteiger partial charge in [0.05, 0.1) is 0 Å². The summed E-state index contributed by atoms with van der Waals surface area (Å²) in [6.45, 7) is 2.25. The number of nitrogens with zero attached hydrogens (tertiary/aromatic N) is 4. The minimum atomic E-state index is -0.290. The lowest BCUT2D eigenvalue weighted by Gasteiger charge is -2.10. The lowest BCUT2D eigenvalue weighted by Crippen LogP contribution is -2.23. The molecule has 0 fully saturated rings. The van der Waals surface area contributed by atoms with E-state index in [1.54, 1.807) is 29.4 Å². The number of halogens is 1. The van der Waals surface area contributed by atoms with Crippen molar-refractivity contribution in [3.05, 3.63) is 119 Å². The van der Waals surface area contributed by atoms with E-state index >= 15 is 0 Å². The minimum absolute atomic E-state index is 0.281. The maximum absolute atomic E-state index is 12.6. The van der Waals surface area contributed by atoms with E-state index in [1.807, 2.05) is 79.7 Å². The fourth-order valence-corrected chi connectivity index (χ4v) is 3.80. The molecule has 0 atom stereocenters. The van der Waals surface area contributed by atoms with Crippen molar-refractivity contribution in [2.24, 2.45) is 0 Å². The second-order valence-corrected chi connectivity index (χ2v) is 8.68. The number of aryl methyl sites for hydroxylation is 1. The van der Waals surface area contributed by atoms with Gasteiger partial charge in [-0.15, -0.1) is 0 Å². The molecule has 2 N–H and O–H groups in total. The van der Waals surface area contributed by atoms with Crippen LogP contribution >= 0.6 is 11.6 Å². The topological polar surface area (TPSA) is 94.0 Å². The molecule has 8 nitrogen and oxygen atoms in total. The summed E-state index contributed by atoms with van der Waals surface area (Å²) in [5, 5.41) is 6.68. The summed E-state index contributed by atoms with van der Waals surface area (Å²) in [7, 11) is 0. The van der Waals surface area contributed by atoms with Gasteiger partial charge in [-0.05, 0) is 61.0 Å². The monoisotopic (exact) mass is 510 g/mol. The Morgan fingerprint density at radius 1 is 0.973 bits per heavy atom. The van der Waals surface area contributed by atoms with Gasteiger partial charge < -0.3 is 15.4 Å². The van der Waals surface area contributed by atoms with E-state index in [0.717, 1.165) is 28.3 Å². The Kier molecular flexibility index (Phi) is 7.09. The highest BCUT2D eigenvalue weighted by Crippen LogP contribution is 2.24. The van der Waals surface area contributed by atoms with Gasteiger partial charge in [0.25, 0.3) is 5.91 Å². The summed E-state index contributed by atoms with van der Waals surface area (Å²) in [6.07, 6.45) is 4.92. The molecule has 184 valence electrons. The number of carbonyl (C=O) groups excluding carboxylic acids is 1. The number of carbonyl (C=O) groups is 1. The van der Waals surface area contributed by atoms with Crippen molar-refractivity contribution >= 4 is 29.1 Å². The van der Waals surface area contributed by atoms with Crippen molar-refractivity contribution < 1.29 is 9.53 Å². The molecule has 0 aliphatic rings. The lowest BCUT2D eigenvalue weighted by atomic mass is 10.2. The summed E-state index contributed by atoms with van der Waals surface area (Å²) in [6, 6.07) is 24.4. The molecule has 1 amide bonds. The van der Waals surface area contributed by atoms with E-state index in [0.29, 0.717) is 23.3 Å². The number of imidazole rings is 1. The summed E-state index contributed by atoms with van der Waals surface area (Å²) in [5.41, 5.74) is 2.83. The van der Waals surface area contributed by atoms with Crippen LogP contribution in [0.3, 0.4) is 0 Å². The summed E-state index contributed by atoms with van der Waals surface area (Å²) >= 11 is 6.01. The molecule has 5 rings (SSSR count). The Morgan fingerprint density at radius 2 is 1.76 bits per heavy atom. The van der Waals surface area contributed by atoms with Gasteiger partial charge in [-0.3, -0.25) is 9.36 Å². The maximum Gasteiger partial charge on any atom is 0.271 e. The molecule has 5 aromatic rings. The number of anilines is 2. The Balaban J connectivity index is 1.25. The van der Waals surface area contributed by atoms with E-state index in [9.17, 15) is 4.79 Å². The average molecular weight is 511 g/mol. The number of para-hydroxylation sites is 1. The largest absolute Gasteiger partial charge is 0.457 e. The Labute approximate surface area is 219 Å². The fourth-order valence-electron chi connectivity index (χ4n) is 3.59. The van der Waals surface area contributed by atoms with Gasteiger partial charge in [-0.2, -0.15) is 4.98 Å². The normalized spacial score (nSPS) is 10.6. The van der Waals surface area contributed by atoms with Gasteiger partial charge in [0.15, 0.2) is 0 Å². The predicted octanol–water partition coefficient (Wildman–Crippen LogP) is 6.09. The van der Waals surface area contributed by atoms with Crippen molar-refractivity contribution in [2.45, 2.75) is 13.5 Å². The smallest absolute Gasteiger partial charge is 0.271 e. The Hall–Kier alpha value is -4.69. The van der Waals surface area contributed by atoms with Crippen molar-refractivity contribution in [3.8, 4) is 17.3 Å². The number of benzene rings is 3. The van der Waals surface area contributed by atoms with Crippen LogP contribution in [0.4, 0.5) is 11.6 Å². The number of aromatic nitrogens is 4. The summed E-state index contributed by atoms with van der Waals surface area (Å²) < 4.78 is 7.54. The van der Waals surface area contributed by atoms with Crippen LogP contribution in [0.2, 0.25) is 5.02 Å². The van der Waals surface area contributed by atoms with Gasteiger partial charge >= 0.3 is 0 Å². The first-order valence-corrected chi connectivity index (χ1v) is 11.9. The molecule has 0 bridgehead atoms. The lowest BCUT2D eigenvalue weighted by molar-refractivity contribution is 0.0946. The van der Waals surface area contributed by atoms with Crippen LogP contribution in [-0.4, -0.2) is 25.4 Å². The number of rotatable bonds is 8. The zero-order valence-electron chi connectivity index (χ0n) is 19.9. The molecular formula is C28H23ClN6O2. The first-order chi connectivity index (χ1) is 18.0. The Morgan fingerprint density at radius 3 is 2.54 bits per heavy atom. The summed E-state index contributed by atoms with van der Waals surface area (Å²) in [5.74, 6) is 2.23. The molecule has 2 heterocycles. The first-order valence-electron chi connectivity index (χ1n) is 11.5. The molecule has 2 aromatic heterocycles. The highest BCUT2D eigenvalue weighted by Gasteiger charge is 2.13. The van der Waals surface area contributed by atoms with Crippen molar-refractivity contribution in [2.75, 3.05) is 5.32 Å². The number of nitrogens with one attached hydrogen (secondary N) is 2. The highest BCUT2D eigenvalue weighted by atomic mass is 35.5. The van der Waals surface area contributed by atoms with E-state index in [4.69, 9.17) is 16.3 Å². The quantitative estimate of drug-likeness (QED) is 0.262. The van der Waals surface area contributed by atoms with Crippen molar-refractivity contribution in [1.29, 1.82) is 0 Å². The zero-order chi connectivity index (χ0) is 25.6. The van der Waals surface area contributed by atoms with Crippen LogP contribution in [-0.2, 0) is 6.54 Å². The van der Waals surface area contributed by atoms with E-state index in [2.05, 4.69) is 25.6 Å². The van der Waals surface area contributed by atoms with Gasteiger partial charge in [0, 0.05) is 35.2 Å². The minimum Gasteiger partial charge on any atom is -0.457 e. The highest BCUT2D eigenvalue weighted by molar-refractivity contribution is 6.30. The zero-order valence-corrected chi connectivity index (χ0v) is 20.7. The summed E-state index contributed by atoms with van der Waals surface area (Å²) in [4.78, 5) is 25.9. The molecule has 0 aliphatic carbocycles. The van der Waals surface area contributed by atoms with Crippen LogP contribution < -0.4 is 15.4 Å². The van der Waals surface area contributed by atoms with Crippen LogP contribution in [0.25, 0.3) is 5.82 Å². The molecule has 0 spiro atoms. The van der Waals surface area contributed by atoms with Crippen molar-refractivity contribution in [1.82, 2.24) is 24.8 Å². The van der Waals surface area contributed by atoms with Gasteiger partial charge in [-0.1, -0.05) is 41.9 Å². The molecule has 0 unspecified atom stereocenters. The van der Waals surface area contributed by atoms with Crippen LogP contribution in [0, 0.1) is 6.92 Å². The van der Waals surface area contributed by atoms with Crippen LogP contribution in [0.5, 0.6) is 11.5 Å². The van der Waals surface area contributed by atoms with E-state index in [-0.39, 0.29) is 11.6 Å². The number of amides is 1. The van der Waals surface area contributed by atoms with Gasteiger partial charge in [0.2, 0.25) is 5.95 Å². The van der Waals surface area contributed by atoms with Crippen LogP contribution in [0.15, 0.2) is 97.6 Å². The second-order valence-electron chi connectivity index (χ2n) is 8.24. The molecular weight excluding hydrogens is 488 g/mol. The molecule has 9 heteroatoms. The van der Waals surface area contributed by atoms with Crippen molar-refractivity contribution in [3.63, 3.8) is 0 Å². The van der Waals surface area contributed by atoms with Gasteiger partial charge in [-0.25, -0.2) is 9.97 Å². The standard InChI is InChI=1S/C28H23ClN6O2/c1-19-15-31-28(33-22-10-12-24(13-11-22)37-23-8-3-2-4-9-23)34-26(19)35-17-25(32-18-35)27(36)30-16-20-6-5-7-21(29)14-20/h2-15,17-18H,16H2,1H3,(H,30,36)(H,31,33,34).